The SMILES string of the molecule is OC(CC(F)(F)C(F)(F)C(F)(F)C(F)(F)C(F)(F)C(F)(F)F)c1ccc(-c2ccccc2)cc1. The molecule has 0 amide bonds. The molecule has 2 rings (SSSR count). The third-order valence-electron chi connectivity index (χ3n) is 4.85. The second kappa shape index (κ2) is 8.61. The molecular weight excluding hydrogens is 503 g/mol. The number of benzene rings is 2. The van der Waals surface area contributed by atoms with Crippen LogP contribution in [0.3, 0.4) is 0 Å². The van der Waals surface area contributed by atoms with Crippen LogP contribution in [0, 0.1) is 0 Å². The lowest BCUT2D eigenvalue weighted by Crippen LogP contribution is -2.70. The highest BCUT2D eigenvalue weighted by molar-refractivity contribution is 5.63. The number of rotatable bonds is 8. The molecule has 0 radical (unpaired) electrons. The Kier molecular flexibility index (Phi) is 7.02. The standard InChI is InChI=1S/C20H13F13O/c21-15(22,16(23,24)17(25,26)18(27,28)19(29,30)20(31,32)33)10-14(34)13-8-6-12(7-9-13)11-4-2-1-3-5-11/h1-9,14,34H,10H2. The summed E-state index contributed by atoms with van der Waals surface area (Å²) in [7, 11) is 0. The van der Waals surface area contributed by atoms with Gasteiger partial charge < -0.3 is 5.11 Å². The first-order chi connectivity index (χ1) is 15.2. The quantitative estimate of drug-likeness (QED) is 0.360. The van der Waals surface area contributed by atoms with Crippen LogP contribution in [0.25, 0.3) is 11.1 Å². The maximum Gasteiger partial charge on any atom is 0.460 e. The predicted octanol–water partition coefficient (Wildman–Crippen LogP) is 7.52. The topological polar surface area (TPSA) is 20.2 Å². The van der Waals surface area contributed by atoms with E-state index in [2.05, 4.69) is 0 Å². The molecule has 0 saturated heterocycles. The number of hydrogen-bond acceptors (Lipinski definition) is 1. The fourth-order valence-corrected chi connectivity index (χ4v) is 2.82. The molecule has 0 saturated carbocycles. The van der Waals surface area contributed by atoms with E-state index >= 15 is 0 Å². The summed E-state index contributed by atoms with van der Waals surface area (Å²) in [5.74, 6) is -37.4. The van der Waals surface area contributed by atoms with Gasteiger partial charge in [0.25, 0.3) is 0 Å². The number of hydrogen-bond donors (Lipinski definition) is 1. The van der Waals surface area contributed by atoms with Crippen LogP contribution in [0.2, 0.25) is 0 Å². The zero-order valence-corrected chi connectivity index (χ0v) is 16.3. The zero-order chi connectivity index (χ0) is 26.4. The molecule has 0 aliphatic heterocycles. The van der Waals surface area contributed by atoms with Crippen molar-refractivity contribution >= 4 is 0 Å². The molecule has 14 heteroatoms. The van der Waals surface area contributed by atoms with Gasteiger partial charge in [-0.1, -0.05) is 54.6 Å². The molecule has 2 aromatic rings. The Balaban J connectivity index is 2.33. The fraction of sp³-hybridized carbons (Fsp3) is 0.400. The van der Waals surface area contributed by atoms with Gasteiger partial charge in [0.05, 0.1) is 6.10 Å². The first-order valence-electron chi connectivity index (χ1n) is 9.00. The largest absolute Gasteiger partial charge is 0.460 e. The van der Waals surface area contributed by atoms with E-state index in [1.54, 1.807) is 30.3 Å². The van der Waals surface area contributed by atoms with Crippen molar-refractivity contribution in [2.24, 2.45) is 0 Å². The van der Waals surface area contributed by atoms with Crippen molar-refractivity contribution in [3.63, 3.8) is 0 Å². The minimum atomic E-state index is -7.96. The van der Waals surface area contributed by atoms with Crippen molar-refractivity contribution in [3.05, 3.63) is 60.2 Å². The monoisotopic (exact) mass is 516 g/mol. The van der Waals surface area contributed by atoms with E-state index in [0.717, 1.165) is 12.1 Å². The summed E-state index contributed by atoms with van der Waals surface area (Å²) < 4.78 is 171. The van der Waals surface area contributed by atoms with E-state index in [1.807, 2.05) is 0 Å². The molecule has 0 aliphatic rings. The molecule has 190 valence electrons. The minimum absolute atomic E-state index is 0.439. The lowest BCUT2D eigenvalue weighted by molar-refractivity contribution is -0.440. The van der Waals surface area contributed by atoms with Crippen molar-refractivity contribution in [2.75, 3.05) is 0 Å². The van der Waals surface area contributed by atoms with E-state index in [9.17, 15) is 62.2 Å². The van der Waals surface area contributed by atoms with E-state index < -0.39 is 53.9 Å². The predicted molar refractivity (Wildman–Crippen MR) is 92.2 cm³/mol. The normalized spacial score (nSPS) is 15.4. The average Bonchev–Trinajstić information content (AvgIpc) is 2.72. The van der Waals surface area contributed by atoms with Crippen molar-refractivity contribution in [1.82, 2.24) is 0 Å². The van der Waals surface area contributed by atoms with Crippen LogP contribution in [0.1, 0.15) is 18.1 Å². The van der Waals surface area contributed by atoms with Crippen LogP contribution in [0.5, 0.6) is 0 Å². The Morgan fingerprint density at radius 2 is 0.941 bits per heavy atom. The van der Waals surface area contributed by atoms with Gasteiger partial charge in [-0.25, -0.2) is 0 Å². The molecule has 0 bridgehead atoms. The second-order valence-corrected chi connectivity index (χ2v) is 7.21. The lowest BCUT2D eigenvalue weighted by Gasteiger charge is -2.40. The Bertz CT molecular complexity index is 966. The average molecular weight is 516 g/mol. The molecule has 0 aromatic heterocycles. The third-order valence-corrected chi connectivity index (χ3v) is 4.85. The number of aliphatic hydroxyl groups is 1. The Hall–Kier alpha value is -2.51. The summed E-state index contributed by atoms with van der Waals surface area (Å²) in [5, 5.41) is 9.76. The maximum atomic E-state index is 13.9. The van der Waals surface area contributed by atoms with Gasteiger partial charge in [0.1, 0.15) is 0 Å². The molecular formula is C20H13F13O. The number of alkyl halides is 13. The van der Waals surface area contributed by atoms with Gasteiger partial charge in [-0.05, 0) is 16.7 Å². The molecule has 1 nitrogen and oxygen atoms in total. The summed E-state index contributed by atoms with van der Waals surface area (Å²) in [4.78, 5) is 0. The van der Waals surface area contributed by atoms with E-state index in [-0.39, 0.29) is 0 Å². The van der Waals surface area contributed by atoms with Gasteiger partial charge in [0.2, 0.25) is 0 Å². The van der Waals surface area contributed by atoms with Crippen LogP contribution in [0.15, 0.2) is 54.6 Å². The molecule has 1 unspecified atom stereocenters. The van der Waals surface area contributed by atoms with Gasteiger partial charge in [0, 0.05) is 6.42 Å². The minimum Gasteiger partial charge on any atom is -0.388 e. The van der Waals surface area contributed by atoms with Crippen molar-refractivity contribution < 1.29 is 62.2 Å². The number of aliphatic hydroxyl groups excluding tert-OH is 1. The van der Waals surface area contributed by atoms with Gasteiger partial charge in [0.15, 0.2) is 0 Å². The molecule has 0 fully saturated rings. The molecule has 0 aliphatic carbocycles. The maximum absolute atomic E-state index is 13.9. The highest BCUT2D eigenvalue weighted by Gasteiger charge is 2.90. The van der Waals surface area contributed by atoms with Crippen LogP contribution in [-0.2, 0) is 0 Å². The van der Waals surface area contributed by atoms with Gasteiger partial charge in [-0.15, -0.1) is 0 Å². The van der Waals surface area contributed by atoms with E-state index in [0.29, 0.717) is 11.1 Å². The molecule has 1 atom stereocenters. The summed E-state index contributed by atoms with van der Waals surface area (Å²) in [5.41, 5.74) is 0.452. The van der Waals surface area contributed by atoms with Crippen LogP contribution in [-0.4, -0.2) is 40.9 Å². The molecule has 2 aromatic carbocycles. The highest BCUT2D eigenvalue weighted by Crippen LogP contribution is 2.61. The lowest BCUT2D eigenvalue weighted by atomic mass is 9.90. The summed E-state index contributed by atoms with van der Waals surface area (Å²) >= 11 is 0. The Morgan fingerprint density at radius 1 is 0.529 bits per heavy atom. The Labute approximate surface area is 182 Å². The van der Waals surface area contributed by atoms with E-state index in [4.69, 9.17) is 0 Å². The van der Waals surface area contributed by atoms with E-state index in [1.165, 1.54) is 12.1 Å². The van der Waals surface area contributed by atoms with Crippen LogP contribution >= 0.6 is 0 Å². The van der Waals surface area contributed by atoms with Gasteiger partial charge in [-0.2, -0.15) is 57.1 Å². The van der Waals surface area contributed by atoms with Crippen molar-refractivity contribution in [3.8, 4) is 11.1 Å². The molecule has 34 heavy (non-hydrogen) atoms. The molecule has 0 spiro atoms. The van der Waals surface area contributed by atoms with Crippen LogP contribution in [0.4, 0.5) is 57.1 Å². The highest BCUT2D eigenvalue weighted by atomic mass is 19.4. The first-order valence-corrected chi connectivity index (χ1v) is 9.00. The summed E-state index contributed by atoms with van der Waals surface area (Å²) in [6.45, 7) is 0. The molecule has 0 heterocycles. The first kappa shape index (κ1) is 27.7. The van der Waals surface area contributed by atoms with Crippen LogP contribution < -0.4 is 0 Å². The number of halogens is 13. The third kappa shape index (κ3) is 4.43. The van der Waals surface area contributed by atoms with Crippen molar-refractivity contribution in [1.29, 1.82) is 0 Å². The summed E-state index contributed by atoms with van der Waals surface area (Å²) in [6, 6.07) is 12.4. The van der Waals surface area contributed by atoms with Gasteiger partial charge in [-0.3, -0.25) is 0 Å². The summed E-state index contributed by atoms with van der Waals surface area (Å²) in [6.07, 6.45) is -12.9. The zero-order valence-electron chi connectivity index (χ0n) is 16.3. The van der Waals surface area contributed by atoms with Crippen molar-refractivity contribution in [2.45, 2.75) is 48.3 Å². The second-order valence-electron chi connectivity index (χ2n) is 7.21. The fourth-order valence-electron chi connectivity index (χ4n) is 2.82. The van der Waals surface area contributed by atoms with Gasteiger partial charge >= 0.3 is 35.8 Å². The Morgan fingerprint density at radius 3 is 1.38 bits per heavy atom. The molecule has 1 N–H and O–H groups in total. The smallest absolute Gasteiger partial charge is 0.388 e.